The predicted octanol–water partition coefficient (Wildman–Crippen LogP) is 4.48. The second-order valence-corrected chi connectivity index (χ2v) is 6.01. The summed E-state index contributed by atoms with van der Waals surface area (Å²) in [5.74, 6) is -0.904. The van der Waals surface area contributed by atoms with Crippen molar-refractivity contribution in [3.63, 3.8) is 0 Å². The molecule has 4 nitrogen and oxygen atoms in total. The number of nitrogens with one attached hydrogen (secondary N) is 1. The molecule has 0 atom stereocenters. The van der Waals surface area contributed by atoms with Gasteiger partial charge in [0.05, 0.1) is 16.8 Å². The van der Waals surface area contributed by atoms with E-state index in [0.717, 1.165) is 10.8 Å². The van der Waals surface area contributed by atoms with Gasteiger partial charge < -0.3 is 10.1 Å². The number of halogens is 1. The molecule has 4 aromatic rings. The van der Waals surface area contributed by atoms with Crippen molar-refractivity contribution in [2.75, 3.05) is 0 Å². The van der Waals surface area contributed by atoms with Crippen LogP contribution in [-0.2, 0) is 0 Å². The second-order valence-electron chi connectivity index (χ2n) is 6.01. The molecular formula is C20H11FN2O2. The Balaban J connectivity index is 1.77. The summed E-state index contributed by atoms with van der Waals surface area (Å²) in [6.45, 7) is 0. The van der Waals surface area contributed by atoms with Gasteiger partial charge in [-0.2, -0.15) is 0 Å². The van der Waals surface area contributed by atoms with E-state index in [1.54, 1.807) is 6.07 Å². The Labute approximate surface area is 141 Å². The molecule has 2 N–H and O–H groups in total. The molecule has 0 aliphatic carbocycles. The summed E-state index contributed by atoms with van der Waals surface area (Å²) in [4.78, 5) is 20.2. The Morgan fingerprint density at radius 1 is 0.960 bits per heavy atom. The summed E-state index contributed by atoms with van der Waals surface area (Å²) in [6, 6.07) is 15.4. The quantitative estimate of drug-likeness (QED) is 0.540. The number of aromatic amines is 1. The second kappa shape index (κ2) is 4.77. The Morgan fingerprint density at radius 2 is 1.80 bits per heavy atom. The van der Waals surface area contributed by atoms with Gasteiger partial charge in [0.25, 0.3) is 0 Å². The number of nitrogens with zero attached hydrogens (tertiary/aromatic N) is 1. The SMILES string of the molecule is O=C1C(c2c(O)[nH]c3ccc(F)cc23)=Nc2ccc3ccccc3c21. The minimum atomic E-state index is -0.443. The van der Waals surface area contributed by atoms with Crippen LogP contribution in [0, 0.1) is 5.82 Å². The molecule has 0 saturated carbocycles. The van der Waals surface area contributed by atoms with Crippen LogP contribution in [-0.4, -0.2) is 21.6 Å². The first-order valence-electron chi connectivity index (χ1n) is 7.79. The number of carbonyl (C=O) groups is 1. The van der Waals surface area contributed by atoms with Gasteiger partial charge in [-0.25, -0.2) is 9.38 Å². The Kier molecular flexibility index (Phi) is 2.65. The highest BCUT2D eigenvalue weighted by Gasteiger charge is 2.31. The Morgan fingerprint density at radius 3 is 2.68 bits per heavy atom. The molecule has 0 spiro atoms. The van der Waals surface area contributed by atoms with Crippen LogP contribution < -0.4 is 0 Å². The number of aliphatic imine (C=N–C) groups is 1. The fourth-order valence-electron chi connectivity index (χ4n) is 3.44. The minimum Gasteiger partial charge on any atom is -0.494 e. The summed E-state index contributed by atoms with van der Waals surface area (Å²) in [6.07, 6.45) is 0. The van der Waals surface area contributed by atoms with Crippen LogP contribution in [0.5, 0.6) is 5.88 Å². The number of ketones is 1. The molecule has 1 aliphatic heterocycles. The van der Waals surface area contributed by atoms with Crippen molar-refractivity contribution in [1.82, 2.24) is 4.98 Å². The molecule has 0 fully saturated rings. The lowest BCUT2D eigenvalue weighted by Gasteiger charge is -2.03. The van der Waals surface area contributed by atoms with Crippen molar-refractivity contribution in [2.24, 2.45) is 4.99 Å². The van der Waals surface area contributed by atoms with Crippen molar-refractivity contribution in [1.29, 1.82) is 0 Å². The molecule has 0 unspecified atom stereocenters. The lowest BCUT2D eigenvalue weighted by atomic mass is 9.97. The normalized spacial score (nSPS) is 13.5. The van der Waals surface area contributed by atoms with Crippen molar-refractivity contribution >= 4 is 38.9 Å². The fraction of sp³-hybridized carbons (Fsp3) is 0. The highest BCUT2D eigenvalue weighted by Crippen LogP contribution is 2.38. The number of rotatable bonds is 1. The highest BCUT2D eigenvalue weighted by atomic mass is 19.1. The first-order chi connectivity index (χ1) is 12.1. The lowest BCUT2D eigenvalue weighted by molar-refractivity contribution is 0.107. The van der Waals surface area contributed by atoms with E-state index in [1.165, 1.54) is 18.2 Å². The van der Waals surface area contributed by atoms with Crippen molar-refractivity contribution in [3.8, 4) is 5.88 Å². The van der Waals surface area contributed by atoms with Gasteiger partial charge in [0.2, 0.25) is 5.78 Å². The van der Waals surface area contributed by atoms with E-state index in [-0.39, 0.29) is 22.9 Å². The third-order valence-electron chi connectivity index (χ3n) is 4.56. The van der Waals surface area contributed by atoms with Gasteiger partial charge in [-0.1, -0.05) is 30.3 Å². The molecule has 2 heterocycles. The van der Waals surface area contributed by atoms with E-state index in [1.807, 2.05) is 30.3 Å². The fourth-order valence-corrected chi connectivity index (χ4v) is 3.44. The van der Waals surface area contributed by atoms with Gasteiger partial charge in [0.1, 0.15) is 11.5 Å². The topological polar surface area (TPSA) is 65.4 Å². The number of fused-ring (bicyclic) bond motifs is 4. The molecule has 0 radical (unpaired) electrons. The van der Waals surface area contributed by atoms with Crippen LogP contribution >= 0.6 is 0 Å². The van der Waals surface area contributed by atoms with Crippen molar-refractivity contribution in [3.05, 3.63) is 71.5 Å². The van der Waals surface area contributed by atoms with E-state index in [2.05, 4.69) is 9.98 Å². The van der Waals surface area contributed by atoms with Gasteiger partial charge in [-0.15, -0.1) is 0 Å². The standard InChI is InChI=1S/C20H11FN2O2/c21-11-6-8-14-13(9-11)17(20(25)23-14)18-19(24)16-12-4-2-1-3-10(12)5-7-15(16)22-18/h1-9,23,25H. The van der Waals surface area contributed by atoms with Gasteiger partial charge in [-0.05, 0) is 35.0 Å². The molecule has 3 aromatic carbocycles. The average molecular weight is 330 g/mol. The van der Waals surface area contributed by atoms with Gasteiger partial charge in [0.15, 0.2) is 5.88 Å². The molecule has 5 heteroatoms. The first kappa shape index (κ1) is 13.9. The van der Waals surface area contributed by atoms with E-state index in [4.69, 9.17) is 0 Å². The average Bonchev–Trinajstić information content (AvgIpc) is 3.11. The Hall–Kier alpha value is -3.47. The molecule has 120 valence electrons. The predicted molar refractivity (Wildman–Crippen MR) is 94.4 cm³/mol. The first-order valence-corrected chi connectivity index (χ1v) is 7.79. The molecule has 5 rings (SSSR count). The maximum atomic E-state index is 13.7. The number of aromatic hydroxyl groups is 1. The molecule has 1 aliphatic rings. The third kappa shape index (κ3) is 1.86. The summed E-state index contributed by atoms with van der Waals surface area (Å²) in [5, 5.41) is 12.5. The summed E-state index contributed by atoms with van der Waals surface area (Å²) in [5.41, 5.74) is 1.98. The zero-order valence-corrected chi connectivity index (χ0v) is 12.9. The van der Waals surface area contributed by atoms with Gasteiger partial charge >= 0.3 is 0 Å². The molecule has 0 saturated heterocycles. The zero-order chi connectivity index (χ0) is 17.1. The number of aromatic nitrogens is 1. The number of hydrogen-bond acceptors (Lipinski definition) is 3. The number of hydrogen-bond donors (Lipinski definition) is 2. The van der Waals surface area contributed by atoms with Crippen molar-refractivity contribution in [2.45, 2.75) is 0 Å². The minimum absolute atomic E-state index is 0.126. The maximum absolute atomic E-state index is 13.7. The Bertz CT molecular complexity index is 1240. The van der Waals surface area contributed by atoms with Crippen LogP contribution in [0.4, 0.5) is 10.1 Å². The summed E-state index contributed by atoms with van der Waals surface area (Å²) in [7, 11) is 0. The molecular weight excluding hydrogens is 319 g/mol. The van der Waals surface area contributed by atoms with Crippen molar-refractivity contribution < 1.29 is 14.3 Å². The number of carbonyl (C=O) groups excluding carboxylic acids is 1. The van der Waals surface area contributed by atoms with E-state index < -0.39 is 5.82 Å². The monoisotopic (exact) mass is 330 g/mol. The lowest BCUT2D eigenvalue weighted by Crippen LogP contribution is -2.11. The summed E-state index contributed by atoms with van der Waals surface area (Å²) < 4.78 is 13.7. The van der Waals surface area contributed by atoms with Crippen LogP contribution in [0.15, 0.2) is 59.6 Å². The van der Waals surface area contributed by atoms with E-state index in [9.17, 15) is 14.3 Å². The van der Waals surface area contributed by atoms with Crippen LogP contribution in [0.3, 0.4) is 0 Å². The number of H-pyrrole nitrogens is 1. The number of benzene rings is 3. The van der Waals surface area contributed by atoms with Crippen LogP contribution in [0.2, 0.25) is 0 Å². The molecule has 0 bridgehead atoms. The van der Waals surface area contributed by atoms with E-state index in [0.29, 0.717) is 22.2 Å². The van der Waals surface area contributed by atoms with Gasteiger partial charge in [-0.3, -0.25) is 4.79 Å². The third-order valence-corrected chi connectivity index (χ3v) is 4.56. The summed E-state index contributed by atoms with van der Waals surface area (Å²) >= 11 is 0. The molecule has 25 heavy (non-hydrogen) atoms. The smallest absolute Gasteiger partial charge is 0.215 e. The zero-order valence-electron chi connectivity index (χ0n) is 12.9. The van der Waals surface area contributed by atoms with Crippen LogP contribution in [0.1, 0.15) is 15.9 Å². The van der Waals surface area contributed by atoms with Crippen LogP contribution in [0.25, 0.3) is 21.7 Å². The number of Topliss-reactive ketones (excluding diaryl/α,β-unsaturated/α-hetero) is 1. The highest BCUT2D eigenvalue weighted by molar-refractivity contribution is 6.58. The molecule has 1 aromatic heterocycles. The van der Waals surface area contributed by atoms with E-state index >= 15 is 0 Å². The largest absolute Gasteiger partial charge is 0.494 e. The maximum Gasteiger partial charge on any atom is 0.215 e. The van der Waals surface area contributed by atoms with Gasteiger partial charge in [0, 0.05) is 10.9 Å². The molecule has 0 amide bonds.